The van der Waals surface area contributed by atoms with Crippen LogP contribution in [0.15, 0.2) is 0 Å². The van der Waals surface area contributed by atoms with Gasteiger partial charge in [-0.15, -0.1) is 12.4 Å². The average molecular weight is 188 g/mol. The van der Waals surface area contributed by atoms with E-state index in [4.69, 9.17) is 0 Å². The van der Waals surface area contributed by atoms with E-state index in [1.165, 1.54) is 0 Å². The van der Waals surface area contributed by atoms with Gasteiger partial charge in [0.15, 0.2) is 0 Å². The molecule has 0 aliphatic rings. The maximum atomic E-state index is 0. The summed E-state index contributed by atoms with van der Waals surface area (Å²) >= 11 is 0. The van der Waals surface area contributed by atoms with Crippen LogP contribution in [0.4, 0.5) is 0 Å². The first-order valence-electron chi connectivity index (χ1n) is 0. The summed E-state index contributed by atoms with van der Waals surface area (Å²) in [6, 6.07) is 0. The minimum atomic E-state index is 0. The first kappa shape index (κ1) is 62.0. The Kier molecular flexibility index (Phi) is 459. The minimum absolute atomic E-state index is 0. The molecule has 32 valence electrons. The maximum Gasteiger partial charge on any atom is 3.00 e. The van der Waals surface area contributed by atoms with Gasteiger partial charge in [0, 0.05) is 0 Å². The Bertz CT molecular complexity index is 3.61. The summed E-state index contributed by atoms with van der Waals surface area (Å²) in [6.07, 6.45) is 0. The third kappa shape index (κ3) is 23.8. The summed E-state index contributed by atoms with van der Waals surface area (Å²) in [6.45, 7) is 0. The molecule has 0 spiro atoms. The van der Waals surface area contributed by atoms with Gasteiger partial charge in [-0.25, -0.2) is 0 Å². The van der Waals surface area contributed by atoms with Gasteiger partial charge in [0.05, 0.1) is 0 Å². The molecule has 0 aliphatic heterocycles. The Morgan fingerprint density at radius 2 is 0.600 bits per heavy atom. The molecule has 0 amide bonds. The van der Waals surface area contributed by atoms with Crippen LogP contribution in [0.25, 0.3) is 0 Å². The summed E-state index contributed by atoms with van der Waals surface area (Å²) in [4.78, 5) is 0. The normalized spacial score (nSPS) is 0. The smallest absolute Gasteiger partial charge is 1.00 e. The topological polar surface area (TPSA) is 0 Å². The first-order valence-corrected chi connectivity index (χ1v) is 0. The molecule has 0 aromatic heterocycles. The van der Waals surface area contributed by atoms with Crippen LogP contribution in [0.1, 0.15) is 0 Å². The van der Waals surface area contributed by atoms with Crippen molar-refractivity contribution in [3.8, 4) is 0 Å². The van der Waals surface area contributed by atoms with Crippen LogP contribution in [-0.4, -0.2) is 0 Å². The molecular weight excluding hydrogens is 187 g/mol. The summed E-state index contributed by atoms with van der Waals surface area (Å²) in [5.41, 5.74) is 0. The zero-order valence-electron chi connectivity index (χ0n) is 2.12. The number of hydrogen-bond donors (Lipinski definition) is 0. The SMILES string of the molecule is Cl.[Cl-].[Cl-].[Cl-].[Sc+3]. The van der Waals surface area contributed by atoms with E-state index in [0.717, 1.165) is 0 Å². The van der Waals surface area contributed by atoms with Gasteiger partial charge in [0.25, 0.3) is 0 Å². The molecule has 0 saturated heterocycles. The average Bonchev–Trinajstić information content (AvgIpc) is 0. The molecule has 0 radical (unpaired) electrons. The van der Waals surface area contributed by atoms with Crippen molar-refractivity contribution in [2.45, 2.75) is 0 Å². The van der Waals surface area contributed by atoms with Gasteiger partial charge in [-0.05, 0) is 0 Å². The minimum Gasteiger partial charge on any atom is -1.00 e. The van der Waals surface area contributed by atoms with Gasteiger partial charge in [0.1, 0.15) is 0 Å². The second-order valence-electron chi connectivity index (χ2n) is 0. The molecule has 5 heavy (non-hydrogen) atoms. The van der Waals surface area contributed by atoms with E-state index in [2.05, 4.69) is 0 Å². The van der Waals surface area contributed by atoms with Crippen LogP contribution in [0.3, 0.4) is 0 Å². The summed E-state index contributed by atoms with van der Waals surface area (Å²) in [7, 11) is 0. The molecule has 0 N–H and O–H groups in total. The fraction of sp³-hybridized carbons (Fsp3) is 0. The molecule has 0 heterocycles. The number of rotatable bonds is 0. The largest absolute Gasteiger partial charge is 3.00 e. The molecular formula is HCl4Sc. The van der Waals surface area contributed by atoms with Gasteiger partial charge in [-0.1, -0.05) is 0 Å². The van der Waals surface area contributed by atoms with E-state index in [-0.39, 0.29) is 75.5 Å². The Balaban J connectivity index is 0. The van der Waals surface area contributed by atoms with Crippen molar-refractivity contribution < 1.29 is 63.1 Å². The molecule has 0 fully saturated rings. The molecule has 0 bridgehead atoms. The Morgan fingerprint density at radius 3 is 0.600 bits per heavy atom. The van der Waals surface area contributed by atoms with E-state index in [1.54, 1.807) is 0 Å². The maximum absolute atomic E-state index is 0. The Labute approximate surface area is 74.9 Å². The van der Waals surface area contributed by atoms with Crippen molar-refractivity contribution in [1.82, 2.24) is 0 Å². The summed E-state index contributed by atoms with van der Waals surface area (Å²) < 4.78 is 0. The van der Waals surface area contributed by atoms with Gasteiger partial charge >= 0.3 is 25.8 Å². The van der Waals surface area contributed by atoms with Crippen LogP contribution < -0.4 is 37.2 Å². The van der Waals surface area contributed by atoms with E-state index in [9.17, 15) is 0 Å². The molecule has 0 aromatic rings. The molecule has 0 unspecified atom stereocenters. The zero-order chi connectivity index (χ0) is 0. The van der Waals surface area contributed by atoms with Crippen molar-refractivity contribution >= 4 is 12.4 Å². The fourth-order valence-corrected chi connectivity index (χ4v) is 0. The Morgan fingerprint density at radius 1 is 0.600 bits per heavy atom. The molecule has 0 saturated carbocycles. The van der Waals surface area contributed by atoms with E-state index in [1.807, 2.05) is 0 Å². The van der Waals surface area contributed by atoms with E-state index in [0.29, 0.717) is 0 Å². The van der Waals surface area contributed by atoms with Crippen molar-refractivity contribution in [2.75, 3.05) is 0 Å². The van der Waals surface area contributed by atoms with Crippen LogP contribution >= 0.6 is 12.4 Å². The van der Waals surface area contributed by atoms with Crippen molar-refractivity contribution in [3.05, 3.63) is 0 Å². The zero-order valence-corrected chi connectivity index (χ0v) is 7.01. The van der Waals surface area contributed by atoms with E-state index < -0.39 is 0 Å². The predicted octanol–water partition coefficient (Wildman–Crippen LogP) is -8.57. The van der Waals surface area contributed by atoms with Gasteiger partial charge in [0.2, 0.25) is 0 Å². The molecule has 0 rings (SSSR count). The molecule has 0 aromatic carbocycles. The van der Waals surface area contributed by atoms with Crippen LogP contribution in [0, 0.1) is 0 Å². The summed E-state index contributed by atoms with van der Waals surface area (Å²) in [5.74, 6) is 0. The molecule has 0 aliphatic carbocycles. The van der Waals surface area contributed by atoms with E-state index >= 15 is 0 Å². The second kappa shape index (κ2) is 37.0. The Hall–Kier alpha value is 2.03. The number of halogens is 4. The van der Waals surface area contributed by atoms with Crippen molar-refractivity contribution in [1.29, 1.82) is 0 Å². The quantitative estimate of drug-likeness (QED) is 0.354. The first-order chi connectivity index (χ1) is 0. The van der Waals surface area contributed by atoms with Crippen LogP contribution in [-0.2, 0) is 25.8 Å². The van der Waals surface area contributed by atoms with Gasteiger partial charge in [-0.2, -0.15) is 0 Å². The van der Waals surface area contributed by atoms with Gasteiger partial charge < -0.3 is 37.2 Å². The van der Waals surface area contributed by atoms with Crippen LogP contribution in [0.2, 0.25) is 0 Å². The van der Waals surface area contributed by atoms with Gasteiger partial charge in [-0.3, -0.25) is 0 Å². The number of hydrogen-bond acceptors (Lipinski definition) is 0. The monoisotopic (exact) mass is 186 g/mol. The second-order valence-corrected chi connectivity index (χ2v) is 0. The van der Waals surface area contributed by atoms with Crippen LogP contribution in [0.5, 0.6) is 0 Å². The fourth-order valence-electron chi connectivity index (χ4n) is 0. The standard InChI is InChI=1S/4ClH.Sc/h4*1H;/q;;;;+3/p-3. The molecule has 5 heteroatoms. The predicted molar refractivity (Wildman–Crippen MR) is 7.25 cm³/mol. The third-order valence-electron chi connectivity index (χ3n) is 0. The van der Waals surface area contributed by atoms with Crippen molar-refractivity contribution in [3.63, 3.8) is 0 Å². The molecule has 0 atom stereocenters. The third-order valence-corrected chi connectivity index (χ3v) is 0. The summed E-state index contributed by atoms with van der Waals surface area (Å²) in [5, 5.41) is 0. The van der Waals surface area contributed by atoms with Crippen molar-refractivity contribution in [2.24, 2.45) is 0 Å². The molecule has 0 nitrogen and oxygen atoms in total.